The van der Waals surface area contributed by atoms with Gasteiger partial charge in [-0.3, -0.25) is 9.59 Å². The molecule has 4 rings (SSSR count). The van der Waals surface area contributed by atoms with Gasteiger partial charge in [-0.1, -0.05) is 52.6 Å². The van der Waals surface area contributed by atoms with Crippen molar-refractivity contribution >= 4 is 84.7 Å². The first kappa shape index (κ1) is 23.5. The summed E-state index contributed by atoms with van der Waals surface area (Å²) in [6, 6.07) is 11.5. The Bertz CT molecular complexity index is 1320. The number of anilines is 3. The second-order valence-electron chi connectivity index (χ2n) is 7.06. The Morgan fingerprint density at radius 3 is 2.42 bits per heavy atom. The Hall–Kier alpha value is -2.67. The Kier molecular flexibility index (Phi) is 7.48. The number of hydrogen-bond acceptors (Lipinski definition) is 10. The summed E-state index contributed by atoms with van der Waals surface area (Å²) in [6.45, 7) is 4.00. The van der Waals surface area contributed by atoms with Gasteiger partial charge >= 0.3 is 0 Å². The molecule has 0 aliphatic heterocycles. The molecule has 0 saturated carbocycles. The number of thiazole rings is 1. The minimum absolute atomic E-state index is 0.0751. The normalized spacial score (nSPS) is 11.0. The molecule has 4 aromatic rings. The predicted molar refractivity (Wildman–Crippen MR) is 139 cm³/mol. The molecule has 0 bridgehead atoms. The molecule has 2 aromatic carbocycles. The molecule has 0 aliphatic carbocycles. The van der Waals surface area contributed by atoms with Gasteiger partial charge in [0, 0.05) is 11.4 Å². The summed E-state index contributed by atoms with van der Waals surface area (Å²) in [5, 5.41) is 13.8. The van der Waals surface area contributed by atoms with Gasteiger partial charge in [0.1, 0.15) is 0 Å². The maximum absolute atomic E-state index is 12.4. The first-order valence-corrected chi connectivity index (χ1v) is 13.4. The molecular formula is C21H20N6O2S4. The van der Waals surface area contributed by atoms with Crippen LogP contribution >= 0.6 is 46.2 Å². The van der Waals surface area contributed by atoms with Crippen LogP contribution in [-0.2, 0) is 9.59 Å². The van der Waals surface area contributed by atoms with Crippen LogP contribution in [0, 0.1) is 13.8 Å². The summed E-state index contributed by atoms with van der Waals surface area (Å²) in [5.74, 6) is 0.264. The average molecular weight is 517 g/mol. The van der Waals surface area contributed by atoms with Gasteiger partial charge in [0.05, 0.1) is 21.7 Å². The minimum atomic E-state index is -0.143. The molecule has 170 valence electrons. The molecule has 4 N–H and O–H groups in total. The van der Waals surface area contributed by atoms with Crippen molar-refractivity contribution in [1.29, 1.82) is 0 Å². The number of rotatable bonds is 8. The third-order valence-corrected chi connectivity index (χ3v) is 8.43. The molecule has 2 amide bonds. The van der Waals surface area contributed by atoms with E-state index in [0.29, 0.717) is 15.2 Å². The van der Waals surface area contributed by atoms with Crippen LogP contribution < -0.4 is 16.4 Å². The molecule has 0 atom stereocenters. The second-order valence-corrected chi connectivity index (χ2v) is 11.5. The van der Waals surface area contributed by atoms with Gasteiger partial charge in [0.2, 0.25) is 16.9 Å². The molecule has 2 aromatic heterocycles. The van der Waals surface area contributed by atoms with Crippen LogP contribution in [0.2, 0.25) is 0 Å². The number of carbonyl (C=O) groups is 2. The second kappa shape index (κ2) is 10.5. The molecule has 0 saturated heterocycles. The van der Waals surface area contributed by atoms with Crippen molar-refractivity contribution in [2.45, 2.75) is 22.5 Å². The average Bonchev–Trinajstić information content (AvgIpc) is 3.38. The summed E-state index contributed by atoms with van der Waals surface area (Å²) in [6.07, 6.45) is 0. The largest absolute Gasteiger partial charge is 0.374 e. The lowest BCUT2D eigenvalue weighted by atomic mass is 10.1. The number of nitrogens with one attached hydrogen (secondary N) is 2. The van der Waals surface area contributed by atoms with Crippen LogP contribution in [0.3, 0.4) is 0 Å². The first-order valence-electron chi connectivity index (χ1n) is 9.78. The van der Waals surface area contributed by atoms with Gasteiger partial charge in [-0.05, 0) is 43.7 Å². The predicted octanol–water partition coefficient (Wildman–Crippen LogP) is 4.81. The number of aromatic nitrogens is 3. The van der Waals surface area contributed by atoms with E-state index in [1.165, 1.54) is 46.2 Å². The van der Waals surface area contributed by atoms with Crippen molar-refractivity contribution in [2.24, 2.45) is 0 Å². The van der Waals surface area contributed by atoms with Crippen LogP contribution in [-0.4, -0.2) is 38.5 Å². The monoisotopic (exact) mass is 516 g/mol. The number of aryl methyl sites for hydroxylation is 2. The number of fused-ring (bicyclic) bond motifs is 1. The van der Waals surface area contributed by atoms with Crippen molar-refractivity contribution in [3.63, 3.8) is 0 Å². The van der Waals surface area contributed by atoms with Crippen LogP contribution in [0.1, 0.15) is 11.1 Å². The fourth-order valence-electron chi connectivity index (χ4n) is 2.91. The van der Waals surface area contributed by atoms with Gasteiger partial charge in [0.25, 0.3) is 0 Å². The number of benzene rings is 2. The van der Waals surface area contributed by atoms with Gasteiger partial charge in [-0.25, -0.2) is 4.98 Å². The molecule has 12 heteroatoms. The number of nitrogens with zero attached hydrogens (tertiary/aromatic N) is 3. The van der Waals surface area contributed by atoms with Gasteiger partial charge in [-0.15, -0.1) is 21.5 Å². The van der Waals surface area contributed by atoms with E-state index < -0.39 is 0 Å². The highest BCUT2D eigenvalue weighted by Crippen LogP contribution is 2.31. The van der Waals surface area contributed by atoms with Crippen molar-refractivity contribution in [2.75, 3.05) is 27.9 Å². The number of carbonyl (C=O) groups excluding carboxylic acids is 2. The Balaban J connectivity index is 1.31. The molecule has 0 radical (unpaired) electrons. The van der Waals surface area contributed by atoms with Gasteiger partial charge in [-0.2, -0.15) is 0 Å². The molecule has 0 aliphatic rings. The van der Waals surface area contributed by atoms with E-state index in [0.717, 1.165) is 31.4 Å². The SMILES string of the molecule is Cc1ccc(NC(=O)CSc2nc3ccc(NC(=O)CSc4nnc(N)s4)cc3s2)c(C)c1. The number of hydrogen-bond donors (Lipinski definition) is 3. The zero-order valence-electron chi connectivity index (χ0n) is 17.7. The standard InChI is InChI=1S/C21H20N6O2S4/c1-11-3-5-14(12(2)7-11)24-18(29)10-30-20-25-15-6-4-13(8-16(15)32-20)23-17(28)9-31-21-27-26-19(22)33-21/h3-8H,9-10H2,1-2H3,(H2,22,26)(H,23,28)(H,24,29). The van der Waals surface area contributed by atoms with E-state index in [2.05, 4.69) is 25.8 Å². The number of amides is 2. The highest BCUT2D eigenvalue weighted by atomic mass is 32.2. The van der Waals surface area contributed by atoms with E-state index in [1.807, 2.05) is 50.2 Å². The highest BCUT2D eigenvalue weighted by molar-refractivity contribution is 8.02. The van der Waals surface area contributed by atoms with E-state index in [4.69, 9.17) is 5.73 Å². The third kappa shape index (κ3) is 6.44. The van der Waals surface area contributed by atoms with Gasteiger partial charge in [0.15, 0.2) is 8.68 Å². The Morgan fingerprint density at radius 2 is 1.70 bits per heavy atom. The molecule has 8 nitrogen and oxygen atoms in total. The topological polar surface area (TPSA) is 123 Å². The lowest BCUT2D eigenvalue weighted by molar-refractivity contribution is -0.114. The fraction of sp³-hybridized carbons (Fsp3) is 0.190. The lowest BCUT2D eigenvalue weighted by Gasteiger charge is -2.08. The number of nitrogens with two attached hydrogens (primary N) is 1. The zero-order valence-corrected chi connectivity index (χ0v) is 21.0. The summed E-state index contributed by atoms with van der Waals surface area (Å²) >= 11 is 5.42. The third-order valence-electron chi connectivity index (χ3n) is 4.38. The van der Waals surface area contributed by atoms with Crippen LogP contribution in [0.15, 0.2) is 45.1 Å². The Morgan fingerprint density at radius 1 is 0.939 bits per heavy atom. The lowest BCUT2D eigenvalue weighted by Crippen LogP contribution is -2.14. The molecular weight excluding hydrogens is 497 g/mol. The Labute approximate surface area is 206 Å². The van der Waals surface area contributed by atoms with E-state index >= 15 is 0 Å². The van der Waals surface area contributed by atoms with Crippen molar-refractivity contribution in [3.8, 4) is 0 Å². The summed E-state index contributed by atoms with van der Waals surface area (Å²) in [4.78, 5) is 29.2. The maximum atomic E-state index is 12.4. The summed E-state index contributed by atoms with van der Waals surface area (Å²) in [5.41, 5.74) is 10.1. The summed E-state index contributed by atoms with van der Waals surface area (Å²) in [7, 11) is 0. The molecule has 33 heavy (non-hydrogen) atoms. The van der Waals surface area contributed by atoms with E-state index in [9.17, 15) is 9.59 Å². The molecule has 0 fully saturated rings. The van der Waals surface area contributed by atoms with Crippen molar-refractivity contribution in [3.05, 3.63) is 47.5 Å². The van der Waals surface area contributed by atoms with Gasteiger partial charge < -0.3 is 16.4 Å². The fourth-order valence-corrected chi connectivity index (χ4v) is 6.26. The summed E-state index contributed by atoms with van der Waals surface area (Å²) < 4.78 is 2.40. The van der Waals surface area contributed by atoms with E-state index in [-0.39, 0.29) is 23.3 Å². The quantitative estimate of drug-likeness (QED) is 0.285. The zero-order chi connectivity index (χ0) is 23.4. The van der Waals surface area contributed by atoms with Crippen molar-refractivity contribution < 1.29 is 9.59 Å². The highest BCUT2D eigenvalue weighted by Gasteiger charge is 2.11. The van der Waals surface area contributed by atoms with Crippen LogP contribution in [0.4, 0.5) is 16.5 Å². The smallest absolute Gasteiger partial charge is 0.234 e. The van der Waals surface area contributed by atoms with E-state index in [1.54, 1.807) is 0 Å². The van der Waals surface area contributed by atoms with Crippen LogP contribution in [0.25, 0.3) is 10.2 Å². The number of thioether (sulfide) groups is 2. The molecule has 0 unspecified atom stereocenters. The van der Waals surface area contributed by atoms with Crippen molar-refractivity contribution in [1.82, 2.24) is 15.2 Å². The molecule has 0 spiro atoms. The minimum Gasteiger partial charge on any atom is -0.374 e. The van der Waals surface area contributed by atoms with Crippen LogP contribution in [0.5, 0.6) is 0 Å². The maximum Gasteiger partial charge on any atom is 0.234 e. The number of nitrogen functional groups attached to an aromatic ring is 1. The molecule has 2 heterocycles. The first-order chi connectivity index (χ1) is 15.9.